The molecule has 3 saturated carbocycles. The van der Waals surface area contributed by atoms with Gasteiger partial charge in [0, 0.05) is 0 Å². The molecular formula is C10H16O. The summed E-state index contributed by atoms with van der Waals surface area (Å²) >= 11 is 0. The van der Waals surface area contributed by atoms with Crippen molar-refractivity contribution in [3.8, 4) is 0 Å². The van der Waals surface area contributed by atoms with Crippen molar-refractivity contribution in [2.45, 2.75) is 38.2 Å². The summed E-state index contributed by atoms with van der Waals surface area (Å²) in [5.41, 5.74) is 0. The largest absolute Gasteiger partial charge is 0.393 e. The lowest BCUT2D eigenvalue weighted by molar-refractivity contribution is 0.0863. The van der Waals surface area contributed by atoms with Crippen LogP contribution in [0.5, 0.6) is 0 Å². The second-order valence-corrected chi connectivity index (χ2v) is 4.72. The summed E-state index contributed by atoms with van der Waals surface area (Å²) in [7, 11) is 0. The SMILES string of the molecule is OC1CC[C@@H]2[C@@H]3CC[C@@H](C3)[C@H]12. The summed E-state index contributed by atoms with van der Waals surface area (Å²) < 4.78 is 0. The van der Waals surface area contributed by atoms with E-state index in [2.05, 4.69) is 0 Å². The summed E-state index contributed by atoms with van der Waals surface area (Å²) in [6.07, 6.45) is 6.85. The number of aliphatic hydroxyl groups is 1. The van der Waals surface area contributed by atoms with Crippen molar-refractivity contribution in [1.29, 1.82) is 0 Å². The molecule has 0 aliphatic heterocycles. The molecule has 11 heavy (non-hydrogen) atoms. The number of hydrogen-bond acceptors (Lipinski definition) is 1. The lowest BCUT2D eigenvalue weighted by Crippen LogP contribution is -2.24. The van der Waals surface area contributed by atoms with Crippen LogP contribution >= 0.6 is 0 Å². The molecule has 3 fully saturated rings. The van der Waals surface area contributed by atoms with Crippen LogP contribution in [0.2, 0.25) is 0 Å². The van der Waals surface area contributed by atoms with Gasteiger partial charge in [-0.2, -0.15) is 0 Å². The van der Waals surface area contributed by atoms with Crippen molar-refractivity contribution in [3.63, 3.8) is 0 Å². The minimum Gasteiger partial charge on any atom is -0.393 e. The van der Waals surface area contributed by atoms with Gasteiger partial charge in [-0.05, 0) is 55.8 Å². The van der Waals surface area contributed by atoms with Crippen LogP contribution in [0.15, 0.2) is 0 Å². The summed E-state index contributed by atoms with van der Waals surface area (Å²) in [4.78, 5) is 0. The average Bonchev–Trinajstić information content (AvgIpc) is 2.60. The van der Waals surface area contributed by atoms with E-state index in [4.69, 9.17) is 0 Å². The van der Waals surface area contributed by atoms with E-state index in [1.54, 1.807) is 0 Å². The standard InChI is InChI=1S/C10H16O/c11-9-4-3-8-6-1-2-7(5-6)10(8)9/h6-11H,1-5H2/t6-,7+,8-,9?,10+/m1/s1. The van der Waals surface area contributed by atoms with Gasteiger partial charge in [0.15, 0.2) is 0 Å². The molecule has 0 aromatic heterocycles. The molecule has 1 N–H and O–H groups in total. The molecule has 0 aromatic carbocycles. The Balaban J connectivity index is 1.91. The minimum atomic E-state index is 0.0790. The van der Waals surface area contributed by atoms with Gasteiger partial charge in [0.05, 0.1) is 6.10 Å². The van der Waals surface area contributed by atoms with Crippen LogP contribution in [0.1, 0.15) is 32.1 Å². The molecule has 1 nitrogen and oxygen atoms in total. The molecule has 3 aliphatic carbocycles. The molecule has 0 aromatic rings. The number of fused-ring (bicyclic) bond motifs is 5. The van der Waals surface area contributed by atoms with Crippen LogP contribution in [0, 0.1) is 23.7 Å². The van der Waals surface area contributed by atoms with E-state index in [9.17, 15) is 5.11 Å². The van der Waals surface area contributed by atoms with Crippen LogP contribution in [0.25, 0.3) is 0 Å². The van der Waals surface area contributed by atoms with Gasteiger partial charge in [-0.3, -0.25) is 0 Å². The zero-order valence-electron chi connectivity index (χ0n) is 6.87. The van der Waals surface area contributed by atoms with E-state index in [-0.39, 0.29) is 6.10 Å². The Hall–Kier alpha value is -0.0400. The van der Waals surface area contributed by atoms with Crippen molar-refractivity contribution >= 4 is 0 Å². The summed E-state index contributed by atoms with van der Waals surface area (Å²) in [5, 5.41) is 9.72. The van der Waals surface area contributed by atoms with E-state index in [1.807, 2.05) is 0 Å². The predicted molar refractivity (Wildman–Crippen MR) is 43.1 cm³/mol. The lowest BCUT2D eigenvalue weighted by Gasteiger charge is -2.26. The Morgan fingerprint density at radius 2 is 1.73 bits per heavy atom. The fourth-order valence-electron chi connectivity index (χ4n) is 4.04. The Labute approximate surface area is 67.8 Å². The number of aliphatic hydroxyl groups excluding tert-OH is 1. The van der Waals surface area contributed by atoms with Crippen molar-refractivity contribution in [2.75, 3.05) is 0 Å². The number of rotatable bonds is 0. The molecule has 62 valence electrons. The van der Waals surface area contributed by atoms with E-state index in [0.29, 0.717) is 0 Å². The predicted octanol–water partition coefficient (Wildman–Crippen LogP) is 1.80. The molecule has 0 spiro atoms. The second kappa shape index (κ2) is 2.01. The quantitative estimate of drug-likeness (QED) is 0.561. The average molecular weight is 152 g/mol. The first-order chi connectivity index (χ1) is 5.36. The molecule has 0 amide bonds. The van der Waals surface area contributed by atoms with E-state index < -0.39 is 0 Å². The van der Waals surface area contributed by atoms with Gasteiger partial charge in [0.25, 0.3) is 0 Å². The molecule has 5 atom stereocenters. The third-order valence-electron chi connectivity index (χ3n) is 4.40. The fraction of sp³-hybridized carbons (Fsp3) is 1.00. The topological polar surface area (TPSA) is 20.2 Å². The van der Waals surface area contributed by atoms with Gasteiger partial charge < -0.3 is 5.11 Å². The second-order valence-electron chi connectivity index (χ2n) is 4.72. The Bertz CT molecular complexity index is 178. The lowest BCUT2D eigenvalue weighted by atomic mass is 9.81. The zero-order chi connectivity index (χ0) is 7.42. The molecule has 0 heterocycles. The monoisotopic (exact) mass is 152 g/mol. The van der Waals surface area contributed by atoms with Gasteiger partial charge in [-0.15, -0.1) is 0 Å². The molecule has 1 heteroatoms. The Kier molecular flexibility index (Phi) is 1.18. The molecule has 3 aliphatic rings. The zero-order valence-corrected chi connectivity index (χ0v) is 6.87. The van der Waals surface area contributed by atoms with E-state index in [1.165, 1.54) is 25.7 Å². The normalized spacial score (nSPS) is 60.3. The van der Waals surface area contributed by atoms with Crippen LogP contribution < -0.4 is 0 Å². The summed E-state index contributed by atoms with van der Waals surface area (Å²) in [6.45, 7) is 0. The first-order valence-corrected chi connectivity index (χ1v) is 5.04. The molecular weight excluding hydrogens is 136 g/mol. The molecule has 3 rings (SSSR count). The molecule has 2 bridgehead atoms. The van der Waals surface area contributed by atoms with Crippen LogP contribution in [-0.2, 0) is 0 Å². The van der Waals surface area contributed by atoms with Gasteiger partial charge in [0.2, 0.25) is 0 Å². The summed E-state index contributed by atoms with van der Waals surface area (Å²) in [6, 6.07) is 0. The third-order valence-corrected chi connectivity index (χ3v) is 4.40. The molecule has 0 saturated heterocycles. The maximum Gasteiger partial charge on any atom is 0.0573 e. The highest BCUT2D eigenvalue weighted by Gasteiger charge is 2.52. The van der Waals surface area contributed by atoms with Crippen molar-refractivity contribution in [2.24, 2.45) is 23.7 Å². The van der Waals surface area contributed by atoms with Crippen molar-refractivity contribution in [1.82, 2.24) is 0 Å². The highest BCUT2D eigenvalue weighted by molar-refractivity contribution is 5.02. The maximum absolute atomic E-state index is 9.72. The smallest absolute Gasteiger partial charge is 0.0573 e. The maximum atomic E-state index is 9.72. The molecule has 1 unspecified atom stereocenters. The van der Waals surface area contributed by atoms with E-state index in [0.717, 1.165) is 30.1 Å². The van der Waals surface area contributed by atoms with E-state index >= 15 is 0 Å². The fourth-order valence-corrected chi connectivity index (χ4v) is 4.04. The van der Waals surface area contributed by atoms with Crippen LogP contribution in [-0.4, -0.2) is 11.2 Å². The van der Waals surface area contributed by atoms with Gasteiger partial charge in [-0.25, -0.2) is 0 Å². The first kappa shape index (κ1) is 6.47. The first-order valence-electron chi connectivity index (χ1n) is 5.04. The Morgan fingerprint density at radius 3 is 2.55 bits per heavy atom. The highest BCUT2D eigenvalue weighted by Crippen LogP contribution is 2.58. The highest BCUT2D eigenvalue weighted by atomic mass is 16.3. The third kappa shape index (κ3) is 0.703. The molecule has 0 radical (unpaired) electrons. The number of hydrogen-bond donors (Lipinski definition) is 1. The summed E-state index contributed by atoms with van der Waals surface area (Å²) in [5.74, 6) is 3.60. The Morgan fingerprint density at radius 1 is 0.909 bits per heavy atom. The van der Waals surface area contributed by atoms with Crippen LogP contribution in [0.3, 0.4) is 0 Å². The van der Waals surface area contributed by atoms with Crippen LogP contribution in [0.4, 0.5) is 0 Å². The van der Waals surface area contributed by atoms with Gasteiger partial charge in [0.1, 0.15) is 0 Å². The van der Waals surface area contributed by atoms with Crippen molar-refractivity contribution < 1.29 is 5.11 Å². The minimum absolute atomic E-state index is 0.0790. The van der Waals surface area contributed by atoms with Crippen molar-refractivity contribution in [3.05, 3.63) is 0 Å². The van der Waals surface area contributed by atoms with Gasteiger partial charge >= 0.3 is 0 Å². The van der Waals surface area contributed by atoms with Gasteiger partial charge in [-0.1, -0.05) is 0 Å².